The third-order valence-corrected chi connectivity index (χ3v) is 5.09. The summed E-state index contributed by atoms with van der Waals surface area (Å²) < 4.78 is 15.8. The zero-order valence-corrected chi connectivity index (χ0v) is 18.5. The van der Waals surface area contributed by atoms with E-state index in [4.69, 9.17) is 26.4 Å². The molecule has 0 spiro atoms. The molecule has 1 atom stereocenters. The maximum Gasteiger partial charge on any atom is 0.306 e. The molecule has 0 aliphatic carbocycles. The van der Waals surface area contributed by atoms with Gasteiger partial charge in [-0.2, -0.15) is 0 Å². The number of benzene rings is 2. The average molecular weight is 450 g/mol. The van der Waals surface area contributed by atoms with Crippen LogP contribution in [0.1, 0.15) is 27.9 Å². The van der Waals surface area contributed by atoms with Crippen molar-refractivity contribution in [2.24, 2.45) is 16.6 Å². The second kappa shape index (κ2) is 11.7. The van der Waals surface area contributed by atoms with Gasteiger partial charge < -0.3 is 25.3 Å². The number of methoxy groups -OCH3 is 1. The van der Waals surface area contributed by atoms with E-state index in [0.29, 0.717) is 42.3 Å². The summed E-state index contributed by atoms with van der Waals surface area (Å²) in [6, 6.07) is 12.3. The van der Waals surface area contributed by atoms with Crippen molar-refractivity contribution < 1.29 is 23.8 Å². The third kappa shape index (κ3) is 6.82. The zero-order valence-electron chi connectivity index (χ0n) is 18.5. The Kier molecular flexibility index (Phi) is 8.44. The fraction of sp³-hybridized carbons (Fsp3) is 0.320. The van der Waals surface area contributed by atoms with Crippen LogP contribution in [0.25, 0.3) is 0 Å². The van der Waals surface area contributed by atoms with Crippen molar-refractivity contribution in [1.29, 1.82) is 0 Å². The summed E-state index contributed by atoms with van der Waals surface area (Å²) in [4.78, 5) is 28.7. The quantitative estimate of drug-likeness (QED) is 0.200. The molecule has 1 unspecified atom stereocenters. The molecule has 33 heavy (non-hydrogen) atoms. The SMILES string of the molecule is C#CCN=C(N)c1ccc(C(=O)Nc2ccc3c(c2)CC(CC(=O)OCCOC)CO3)cc1. The highest BCUT2D eigenvalue weighted by molar-refractivity contribution is 6.05. The number of carbonyl (C=O) groups excluding carboxylic acids is 2. The third-order valence-electron chi connectivity index (χ3n) is 5.09. The first kappa shape index (κ1) is 23.8. The maximum atomic E-state index is 12.7. The van der Waals surface area contributed by atoms with Gasteiger partial charge in [0.1, 0.15) is 24.7 Å². The average Bonchev–Trinajstić information content (AvgIpc) is 2.82. The number of hydrogen-bond acceptors (Lipinski definition) is 6. The van der Waals surface area contributed by atoms with Crippen molar-refractivity contribution in [3.05, 3.63) is 59.2 Å². The fourth-order valence-corrected chi connectivity index (χ4v) is 3.42. The Hall–Kier alpha value is -3.83. The molecular formula is C25H27N3O5. The number of nitrogens with one attached hydrogen (secondary N) is 1. The Balaban J connectivity index is 1.60. The summed E-state index contributed by atoms with van der Waals surface area (Å²) >= 11 is 0. The molecule has 0 fully saturated rings. The number of rotatable bonds is 9. The van der Waals surface area contributed by atoms with Crippen LogP contribution in [0.4, 0.5) is 5.69 Å². The minimum atomic E-state index is -0.276. The van der Waals surface area contributed by atoms with Crippen LogP contribution in [0.5, 0.6) is 5.75 Å². The van der Waals surface area contributed by atoms with Crippen molar-refractivity contribution in [1.82, 2.24) is 0 Å². The number of fused-ring (bicyclic) bond motifs is 1. The molecule has 8 heteroatoms. The van der Waals surface area contributed by atoms with Gasteiger partial charge >= 0.3 is 5.97 Å². The molecule has 3 rings (SSSR count). The van der Waals surface area contributed by atoms with E-state index in [1.54, 1.807) is 37.4 Å². The largest absolute Gasteiger partial charge is 0.493 e. The number of ether oxygens (including phenoxy) is 3. The Bertz CT molecular complexity index is 1060. The van der Waals surface area contributed by atoms with E-state index in [1.165, 1.54) is 0 Å². The highest BCUT2D eigenvalue weighted by Gasteiger charge is 2.23. The molecule has 8 nitrogen and oxygen atoms in total. The van der Waals surface area contributed by atoms with Crippen molar-refractivity contribution in [3.8, 4) is 18.1 Å². The molecule has 0 radical (unpaired) electrons. The Morgan fingerprint density at radius 3 is 2.70 bits per heavy atom. The lowest BCUT2D eigenvalue weighted by Gasteiger charge is -2.25. The lowest BCUT2D eigenvalue weighted by molar-refractivity contribution is -0.146. The molecule has 3 N–H and O–H groups in total. The van der Waals surface area contributed by atoms with Gasteiger partial charge in [0.2, 0.25) is 0 Å². The number of nitrogens with two attached hydrogens (primary N) is 1. The molecule has 2 aromatic rings. The first-order chi connectivity index (χ1) is 16.0. The van der Waals surface area contributed by atoms with E-state index in [2.05, 4.69) is 16.2 Å². The van der Waals surface area contributed by atoms with Crippen LogP contribution in [-0.4, -0.2) is 51.2 Å². The van der Waals surface area contributed by atoms with Gasteiger partial charge in [-0.3, -0.25) is 14.6 Å². The number of amides is 1. The van der Waals surface area contributed by atoms with Crippen LogP contribution in [0.15, 0.2) is 47.5 Å². The summed E-state index contributed by atoms with van der Waals surface area (Å²) in [7, 11) is 1.55. The number of hydrogen-bond donors (Lipinski definition) is 2. The number of nitrogens with zero attached hydrogens (tertiary/aromatic N) is 1. The fourth-order valence-electron chi connectivity index (χ4n) is 3.42. The van der Waals surface area contributed by atoms with Gasteiger partial charge in [0.15, 0.2) is 0 Å². The maximum absolute atomic E-state index is 12.7. The number of esters is 1. The van der Waals surface area contributed by atoms with Crippen molar-refractivity contribution in [2.75, 3.05) is 38.8 Å². The molecule has 1 heterocycles. The number of terminal acetylenes is 1. The van der Waals surface area contributed by atoms with Crippen LogP contribution in [0.2, 0.25) is 0 Å². The van der Waals surface area contributed by atoms with Gasteiger partial charge in [-0.05, 0) is 42.3 Å². The topological polar surface area (TPSA) is 112 Å². The molecule has 0 aromatic heterocycles. The Labute approximate surface area is 193 Å². The van der Waals surface area contributed by atoms with E-state index < -0.39 is 0 Å². The standard InChI is InChI=1S/C25H27N3O5/c1-3-10-27-24(26)18-4-6-19(7-5-18)25(30)28-21-8-9-22-20(15-21)13-17(16-33-22)14-23(29)32-12-11-31-2/h1,4-9,15,17H,10-14,16H2,2H3,(H2,26,27)(H,28,30). The Morgan fingerprint density at radius 2 is 1.97 bits per heavy atom. The van der Waals surface area contributed by atoms with Gasteiger partial charge in [-0.15, -0.1) is 6.42 Å². The highest BCUT2D eigenvalue weighted by atomic mass is 16.6. The van der Waals surface area contributed by atoms with Crippen LogP contribution >= 0.6 is 0 Å². The van der Waals surface area contributed by atoms with Gasteiger partial charge in [0, 0.05) is 29.8 Å². The predicted molar refractivity (Wildman–Crippen MR) is 125 cm³/mol. The summed E-state index contributed by atoms with van der Waals surface area (Å²) in [5.41, 5.74) is 8.62. The van der Waals surface area contributed by atoms with Gasteiger partial charge in [-0.25, -0.2) is 0 Å². The van der Waals surface area contributed by atoms with Gasteiger partial charge in [-0.1, -0.05) is 18.1 Å². The Morgan fingerprint density at radius 1 is 1.21 bits per heavy atom. The molecule has 0 saturated carbocycles. The second-order valence-electron chi connectivity index (χ2n) is 7.56. The molecule has 172 valence electrons. The van der Waals surface area contributed by atoms with E-state index in [0.717, 1.165) is 11.3 Å². The van der Waals surface area contributed by atoms with E-state index in [1.807, 2.05) is 12.1 Å². The molecule has 1 amide bonds. The van der Waals surface area contributed by atoms with Crippen molar-refractivity contribution >= 4 is 23.4 Å². The van der Waals surface area contributed by atoms with Gasteiger partial charge in [0.25, 0.3) is 5.91 Å². The van der Waals surface area contributed by atoms with Crippen LogP contribution < -0.4 is 15.8 Å². The monoisotopic (exact) mass is 449 g/mol. The summed E-state index contributed by atoms with van der Waals surface area (Å²) in [5, 5.41) is 2.89. The predicted octanol–water partition coefficient (Wildman–Crippen LogP) is 2.41. The summed E-state index contributed by atoms with van der Waals surface area (Å²) in [5.74, 6) is 2.96. The van der Waals surface area contributed by atoms with Crippen LogP contribution in [-0.2, 0) is 20.7 Å². The molecule has 0 bridgehead atoms. The van der Waals surface area contributed by atoms with Crippen LogP contribution in [0, 0.1) is 18.3 Å². The number of aliphatic imine (C=N–C) groups is 1. The normalized spacial score (nSPS) is 15.0. The first-order valence-electron chi connectivity index (χ1n) is 10.6. The van der Waals surface area contributed by atoms with E-state index >= 15 is 0 Å². The van der Waals surface area contributed by atoms with Crippen molar-refractivity contribution in [2.45, 2.75) is 12.8 Å². The molecule has 2 aromatic carbocycles. The smallest absolute Gasteiger partial charge is 0.306 e. The molecule has 1 aliphatic rings. The lowest BCUT2D eigenvalue weighted by Crippen LogP contribution is -2.25. The molecule has 0 saturated heterocycles. The number of carbonyl (C=O) groups is 2. The van der Waals surface area contributed by atoms with E-state index in [-0.39, 0.29) is 37.4 Å². The van der Waals surface area contributed by atoms with E-state index in [9.17, 15) is 9.59 Å². The molecular weight excluding hydrogens is 422 g/mol. The number of amidine groups is 1. The second-order valence-corrected chi connectivity index (χ2v) is 7.56. The van der Waals surface area contributed by atoms with Gasteiger partial charge in [0.05, 0.1) is 19.6 Å². The minimum Gasteiger partial charge on any atom is -0.493 e. The molecule has 1 aliphatic heterocycles. The summed E-state index contributed by atoms with van der Waals surface area (Å²) in [6.45, 7) is 1.25. The van der Waals surface area contributed by atoms with Crippen LogP contribution in [0.3, 0.4) is 0 Å². The van der Waals surface area contributed by atoms with Crippen molar-refractivity contribution in [3.63, 3.8) is 0 Å². The zero-order chi connectivity index (χ0) is 23.6. The minimum absolute atomic E-state index is 0.00707. The first-order valence-corrected chi connectivity index (χ1v) is 10.6. The summed E-state index contributed by atoms with van der Waals surface area (Å²) in [6.07, 6.45) is 6.11. The highest BCUT2D eigenvalue weighted by Crippen LogP contribution is 2.31. The lowest BCUT2D eigenvalue weighted by atomic mass is 9.93. The number of anilines is 1.